The molecule has 0 fully saturated rings. The van der Waals surface area contributed by atoms with Gasteiger partial charge >= 0.3 is 0 Å². The molecule has 1 rings (SSSR count). The lowest BCUT2D eigenvalue weighted by atomic mass is 10.2. The second kappa shape index (κ2) is 5.68. The van der Waals surface area contributed by atoms with Gasteiger partial charge < -0.3 is 4.84 Å². The first-order valence-corrected chi connectivity index (χ1v) is 4.69. The van der Waals surface area contributed by atoms with Crippen molar-refractivity contribution in [2.75, 3.05) is 7.11 Å². The first-order chi connectivity index (χ1) is 6.74. The molecule has 0 spiro atoms. The molecule has 0 unspecified atom stereocenters. The molecule has 4 heteroatoms. The van der Waals surface area contributed by atoms with Gasteiger partial charge in [-0.15, -0.1) is 0 Å². The van der Waals surface area contributed by atoms with Gasteiger partial charge in [-0.1, -0.05) is 58.7 Å². The number of rotatable bonds is 3. The van der Waals surface area contributed by atoms with Crippen molar-refractivity contribution >= 4 is 33.4 Å². The number of nitrogens with zero attached hydrogens (tertiary/aromatic N) is 1. The lowest BCUT2D eigenvalue weighted by Gasteiger charge is -1.97. The van der Waals surface area contributed by atoms with Crippen molar-refractivity contribution in [3.63, 3.8) is 0 Å². The van der Waals surface area contributed by atoms with Crippen molar-refractivity contribution in [3.05, 3.63) is 42.0 Å². The van der Waals surface area contributed by atoms with Crippen molar-refractivity contribution in [1.82, 2.24) is 0 Å². The Kier molecular flexibility index (Phi) is 4.50. The number of oxime groups is 1. The zero-order chi connectivity index (χ0) is 10.4. The van der Waals surface area contributed by atoms with Gasteiger partial charge in [0.1, 0.15) is 7.11 Å². The summed E-state index contributed by atoms with van der Waals surface area (Å²) >= 11 is 11.7. The van der Waals surface area contributed by atoms with Crippen LogP contribution in [0, 0.1) is 0 Å². The van der Waals surface area contributed by atoms with Gasteiger partial charge in [0.05, 0.1) is 5.03 Å². The van der Waals surface area contributed by atoms with Gasteiger partial charge in [-0.3, -0.25) is 0 Å². The summed E-state index contributed by atoms with van der Waals surface area (Å²) in [5.41, 5.74) is 0.888. The third kappa shape index (κ3) is 3.40. The minimum absolute atomic E-state index is 0.210. The molecule has 1 aromatic rings. The molecule has 0 aliphatic heterocycles. The zero-order valence-corrected chi connectivity index (χ0v) is 9.09. The Morgan fingerprint density at radius 2 is 1.93 bits per heavy atom. The summed E-state index contributed by atoms with van der Waals surface area (Å²) in [5.74, 6) is 0. The molecule has 0 atom stereocenters. The molecule has 74 valence electrons. The maximum atomic E-state index is 5.98. The molecule has 2 nitrogen and oxygen atoms in total. The normalized spacial score (nSPS) is 12.8. The Labute approximate surface area is 92.8 Å². The van der Waals surface area contributed by atoms with Crippen molar-refractivity contribution in [2.45, 2.75) is 0 Å². The highest BCUT2D eigenvalue weighted by Crippen LogP contribution is 2.18. The van der Waals surface area contributed by atoms with Gasteiger partial charge in [0.25, 0.3) is 0 Å². The van der Waals surface area contributed by atoms with Crippen molar-refractivity contribution in [1.29, 1.82) is 0 Å². The van der Waals surface area contributed by atoms with E-state index in [1.807, 2.05) is 30.3 Å². The van der Waals surface area contributed by atoms with E-state index in [1.54, 1.807) is 0 Å². The highest BCUT2D eigenvalue weighted by Gasteiger charge is 1.98. The van der Waals surface area contributed by atoms with E-state index in [4.69, 9.17) is 23.2 Å². The predicted octanol–water partition coefficient (Wildman–Crippen LogP) is 3.47. The number of halogens is 2. The van der Waals surface area contributed by atoms with Crippen LogP contribution < -0.4 is 0 Å². The Bertz CT molecular complexity index is 346. The summed E-state index contributed by atoms with van der Waals surface area (Å²) in [4.78, 5) is 4.49. The van der Waals surface area contributed by atoms with Gasteiger partial charge in [0.2, 0.25) is 0 Å². The Morgan fingerprint density at radius 1 is 1.29 bits per heavy atom. The molecule has 0 saturated heterocycles. The van der Waals surface area contributed by atoms with Crippen molar-refractivity contribution in [3.8, 4) is 0 Å². The maximum Gasteiger partial charge on any atom is 0.169 e. The number of allylic oxidation sites excluding steroid dienone is 1. The molecular formula is C10H9Cl2NO. The molecule has 14 heavy (non-hydrogen) atoms. The van der Waals surface area contributed by atoms with E-state index in [-0.39, 0.29) is 5.17 Å². The smallest absolute Gasteiger partial charge is 0.169 e. The Hall–Kier alpha value is -0.990. The zero-order valence-electron chi connectivity index (χ0n) is 7.58. The van der Waals surface area contributed by atoms with Crippen LogP contribution in [0.2, 0.25) is 0 Å². The average Bonchev–Trinajstić information content (AvgIpc) is 2.19. The molecule has 0 amide bonds. The van der Waals surface area contributed by atoms with Gasteiger partial charge in [-0.2, -0.15) is 0 Å². The summed E-state index contributed by atoms with van der Waals surface area (Å²) in [7, 11) is 1.42. The fourth-order valence-electron chi connectivity index (χ4n) is 0.899. The summed E-state index contributed by atoms with van der Waals surface area (Å²) < 4.78 is 0. The first-order valence-electron chi connectivity index (χ1n) is 3.93. The van der Waals surface area contributed by atoms with E-state index in [2.05, 4.69) is 9.99 Å². The van der Waals surface area contributed by atoms with E-state index >= 15 is 0 Å². The van der Waals surface area contributed by atoms with Gasteiger partial charge in [-0.25, -0.2) is 0 Å². The molecule has 0 saturated carbocycles. The van der Waals surface area contributed by atoms with Gasteiger partial charge in [0, 0.05) is 0 Å². The van der Waals surface area contributed by atoms with Crippen LogP contribution in [0.3, 0.4) is 0 Å². The monoisotopic (exact) mass is 229 g/mol. The van der Waals surface area contributed by atoms with Gasteiger partial charge in [0.15, 0.2) is 5.17 Å². The molecule has 0 bridgehead atoms. The second-order valence-electron chi connectivity index (χ2n) is 2.45. The minimum atomic E-state index is 0.210. The molecule has 0 aliphatic rings. The van der Waals surface area contributed by atoms with Crippen LogP contribution in [-0.4, -0.2) is 12.3 Å². The van der Waals surface area contributed by atoms with Crippen LogP contribution >= 0.6 is 23.2 Å². The molecule has 0 aliphatic carbocycles. The third-order valence-electron chi connectivity index (χ3n) is 1.47. The molecular weight excluding hydrogens is 221 g/mol. The third-order valence-corrected chi connectivity index (χ3v) is 1.98. The fourth-order valence-corrected chi connectivity index (χ4v) is 1.36. The highest BCUT2D eigenvalue weighted by atomic mass is 35.5. The lowest BCUT2D eigenvalue weighted by molar-refractivity contribution is 0.215. The summed E-state index contributed by atoms with van der Waals surface area (Å²) in [6, 6.07) is 9.48. The van der Waals surface area contributed by atoms with Gasteiger partial charge in [-0.05, 0) is 11.6 Å². The lowest BCUT2D eigenvalue weighted by Crippen LogP contribution is -1.84. The van der Waals surface area contributed by atoms with Crippen LogP contribution in [0.4, 0.5) is 0 Å². The molecule has 0 heterocycles. The number of hydrogen-bond donors (Lipinski definition) is 0. The van der Waals surface area contributed by atoms with Crippen molar-refractivity contribution < 1.29 is 4.84 Å². The van der Waals surface area contributed by atoms with E-state index < -0.39 is 0 Å². The molecule has 0 N–H and O–H groups in total. The molecule has 0 radical (unpaired) electrons. The number of hydrogen-bond acceptors (Lipinski definition) is 2. The topological polar surface area (TPSA) is 21.6 Å². The predicted molar refractivity (Wildman–Crippen MR) is 60.6 cm³/mol. The average molecular weight is 230 g/mol. The summed E-state index contributed by atoms with van der Waals surface area (Å²) in [6.07, 6.45) is 1.53. The SMILES string of the molecule is CO/N=C(Cl)\C=C(\Cl)c1ccccc1. The molecule has 1 aromatic carbocycles. The second-order valence-corrected chi connectivity index (χ2v) is 3.25. The summed E-state index contributed by atoms with van der Waals surface area (Å²) in [6.45, 7) is 0. The standard InChI is InChI=1S/C10H9Cl2NO/c1-14-13-10(12)7-9(11)8-5-3-2-4-6-8/h2-7H,1H3/b9-7+,13-10+. The largest absolute Gasteiger partial charge is 0.398 e. The quantitative estimate of drug-likeness (QED) is 0.575. The number of benzene rings is 1. The first kappa shape index (κ1) is 11.1. The van der Waals surface area contributed by atoms with Crippen LogP contribution in [0.25, 0.3) is 5.03 Å². The van der Waals surface area contributed by atoms with E-state index in [1.165, 1.54) is 13.2 Å². The van der Waals surface area contributed by atoms with Crippen LogP contribution in [0.15, 0.2) is 41.6 Å². The Morgan fingerprint density at radius 3 is 2.50 bits per heavy atom. The van der Waals surface area contributed by atoms with Crippen LogP contribution in [0.5, 0.6) is 0 Å². The van der Waals surface area contributed by atoms with Crippen molar-refractivity contribution in [2.24, 2.45) is 5.16 Å². The van der Waals surface area contributed by atoms with Crippen LogP contribution in [0.1, 0.15) is 5.56 Å². The summed E-state index contributed by atoms with van der Waals surface area (Å²) in [5, 5.41) is 4.25. The van der Waals surface area contributed by atoms with Crippen LogP contribution in [-0.2, 0) is 4.84 Å². The fraction of sp³-hybridized carbons (Fsp3) is 0.100. The maximum absolute atomic E-state index is 5.98. The molecule has 0 aromatic heterocycles. The highest BCUT2D eigenvalue weighted by molar-refractivity contribution is 6.70. The van der Waals surface area contributed by atoms with E-state index in [9.17, 15) is 0 Å². The van der Waals surface area contributed by atoms with E-state index in [0.29, 0.717) is 5.03 Å². The minimum Gasteiger partial charge on any atom is -0.398 e. The Balaban J connectivity index is 2.85. The van der Waals surface area contributed by atoms with E-state index in [0.717, 1.165) is 5.56 Å².